The average molecular weight is 369 g/mol. The summed E-state index contributed by atoms with van der Waals surface area (Å²) in [6, 6.07) is 10.7. The monoisotopic (exact) mass is 369 g/mol. The molecule has 0 fully saturated rings. The van der Waals surface area contributed by atoms with E-state index < -0.39 is 16.5 Å². The Labute approximate surface area is 157 Å². The highest BCUT2D eigenvalue weighted by Gasteiger charge is 2.15. The molecule has 0 aliphatic rings. The molecule has 3 heterocycles. The van der Waals surface area contributed by atoms with Crippen molar-refractivity contribution in [3.8, 4) is 11.4 Å². The summed E-state index contributed by atoms with van der Waals surface area (Å²) in [5, 5.41) is -0.182. The highest BCUT2D eigenvalue weighted by Crippen LogP contribution is 2.22. The summed E-state index contributed by atoms with van der Waals surface area (Å²) in [6.45, 7) is 1.66. The lowest BCUT2D eigenvalue weighted by molar-refractivity contribution is 0.410. The second-order valence-corrected chi connectivity index (χ2v) is 6.73. The van der Waals surface area contributed by atoms with E-state index in [4.69, 9.17) is 8.89 Å². The minimum Gasteiger partial charge on any atom is -0.496 e. The van der Waals surface area contributed by atoms with Crippen molar-refractivity contribution in [3.05, 3.63) is 66.2 Å². The summed E-state index contributed by atoms with van der Waals surface area (Å²) in [6.07, 6.45) is 5.17. The SMILES string of the molecule is [2H]n1c(S(=O)C([2H])([2H])c2nccc(OC)c2C)nc2cc(-n3cccc3)ccc21. The average Bonchev–Trinajstić information content (AvgIpc) is 3.35. The first-order chi connectivity index (χ1) is 13.8. The maximum Gasteiger partial charge on any atom is 0.197 e. The van der Waals surface area contributed by atoms with Gasteiger partial charge in [0.05, 0.1) is 40.3 Å². The molecule has 3 aromatic heterocycles. The van der Waals surface area contributed by atoms with Crippen molar-refractivity contribution in [1.29, 1.82) is 0 Å². The van der Waals surface area contributed by atoms with Gasteiger partial charge in [0.25, 0.3) is 0 Å². The van der Waals surface area contributed by atoms with Crippen LogP contribution in [0.3, 0.4) is 0 Å². The number of hydrogen-bond donors (Lipinski definition) is 1. The molecule has 0 amide bonds. The van der Waals surface area contributed by atoms with E-state index in [0.717, 1.165) is 10.7 Å². The third-order valence-electron chi connectivity index (χ3n) is 4.02. The van der Waals surface area contributed by atoms with E-state index in [1.54, 1.807) is 25.1 Å². The predicted octanol–water partition coefficient (Wildman–Crippen LogP) is 3.37. The Hall–Kier alpha value is -2.93. The Morgan fingerprint density at radius 3 is 2.92 bits per heavy atom. The van der Waals surface area contributed by atoms with Crippen LogP contribution in [-0.2, 0) is 16.5 Å². The zero-order chi connectivity index (χ0) is 20.8. The molecule has 132 valence electrons. The highest BCUT2D eigenvalue weighted by atomic mass is 32.2. The van der Waals surface area contributed by atoms with Crippen molar-refractivity contribution in [2.24, 2.45) is 0 Å². The van der Waals surface area contributed by atoms with Crippen LogP contribution in [0.5, 0.6) is 5.75 Å². The number of aromatic amines is 1. The Bertz CT molecular complexity index is 1220. The van der Waals surface area contributed by atoms with Crippen molar-refractivity contribution in [3.63, 3.8) is 0 Å². The van der Waals surface area contributed by atoms with Gasteiger partial charge in [-0.25, -0.2) is 4.98 Å². The molecule has 26 heavy (non-hydrogen) atoms. The van der Waals surface area contributed by atoms with Crippen LogP contribution >= 0.6 is 0 Å². The zero-order valence-corrected chi connectivity index (χ0v) is 15.0. The third-order valence-corrected chi connectivity index (χ3v) is 4.92. The normalized spacial score (nSPS) is 14.6. The molecule has 1 N–H and O–H groups in total. The lowest BCUT2D eigenvalue weighted by atomic mass is 10.2. The number of methoxy groups -OCH3 is 1. The number of H-pyrrole nitrogens is 1. The van der Waals surface area contributed by atoms with Gasteiger partial charge in [-0.15, -0.1) is 0 Å². The molecule has 4 aromatic rings. The van der Waals surface area contributed by atoms with Gasteiger partial charge in [0.2, 0.25) is 0 Å². The van der Waals surface area contributed by atoms with Crippen molar-refractivity contribution in [1.82, 2.24) is 19.5 Å². The first-order valence-corrected chi connectivity index (χ1v) is 9.06. The van der Waals surface area contributed by atoms with Crippen molar-refractivity contribution in [2.45, 2.75) is 17.8 Å². The van der Waals surface area contributed by atoms with Crippen LogP contribution in [-0.4, -0.2) is 30.8 Å². The quantitative estimate of drug-likeness (QED) is 0.585. The molecule has 4 rings (SSSR count). The van der Waals surface area contributed by atoms with Gasteiger partial charge < -0.3 is 14.3 Å². The van der Waals surface area contributed by atoms with Crippen LogP contribution in [0.15, 0.2) is 60.1 Å². The number of fused-ring (bicyclic) bond motifs is 1. The van der Waals surface area contributed by atoms with Gasteiger partial charge in [-0.3, -0.25) is 9.19 Å². The molecule has 1 atom stereocenters. The van der Waals surface area contributed by atoms with Crippen LogP contribution in [0.2, 0.25) is 1.41 Å². The van der Waals surface area contributed by atoms with Crippen molar-refractivity contribution >= 4 is 21.8 Å². The molecular formula is C19H18N4O2S. The molecule has 0 spiro atoms. The number of aromatic nitrogens is 4. The smallest absolute Gasteiger partial charge is 0.197 e. The Kier molecular flexibility index (Phi) is 3.46. The van der Waals surface area contributed by atoms with E-state index in [-0.39, 0.29) is 10.9 Å². The van der Waals surface area contributed by atoms with Gasteiger partial charge in [-0.2, -0.15) is 0 Å². The first-order valence-electron chi connectivity index (χ1n) is 9.36. The largest absolute Gasteiger partial charge is 0.496 e. The van der Waals surface area contributed by atoms with E-state index in [2.05, 4.69) is 9.97 Å². The van der Waals surface area contributed by atoms with E-state index in [0.29, 0.717) is 22.3 Å². The van der Waals surface area contributed by atoms with Crippen molar-refractivity contribution in [2.75, 3.05) is 7.11 Å². The summed E-state index contributed by atoms with van der Waals surface area (Å²) in [5.74, 6) is 0.451. The number of ether oxygens (including phenoxy) is 1. The van der Waals surface area contributed by atoms with Crippen LogP contribution < -0.4 is 4.74 Å². The van der Waals surface area contributed by atoms with Gasteiger partial charge in [0, 0.05) is 32.6 Å². The molecule has 6 nitrogen and oxygen atoms in total. The molecule has 0 bridgehead atoms. The number of nitrogens with one attached hydrogen (secondary N) is 1. The molecule has 0 saturated heterocycles. The van der Waals surface area contributed by atoms with Gasteiger partial charge in [-0.1, -0.05) is 0 Å². The van der Waals surface area contributed by atoms with Gasteiger partial charge in [0.15, 0.2) is 6.57 Å². The van der Waals surface area contributed by atoms with E-state index in [1.165, 1.54) is 13.3 Å². The molecule has 1 unspecified atom stereocenters. The minimum absolute atomic E-state index is 0.00438. The van der Waals surface area contributed by atoms with Crippen LogP contribution in [0.1, 0.15) is 14.0 Å². The summed E-state index contributed by atoms with van der Waals surface area (Å²) in [5.41, 5.74) is -0.171. The van der Waals surface area contributed by atoms with Crippen LogP contribution in [0.25, 0.3) is 16.7 Å². The summed E-state index contributed by atoms with van der Waals surface area (Å²) >= 11 is 0. The first kappa shape index (κ1) is 13.3. The minimum atomic E-state index is -2.36. The second kappa shape index (κ2) is 6.76. The maximum absolute atomic E-state index is 13.2. The maximum atomic E-state index is 13.2. The molecule has 0 radical (unpaired) electrons. The fraction of sp³-hybridized carbons (Fsp3) is 0.158. The number of nitrogens with zero attached hydrogens (tertiary/aromatic N) is 3. The number of hydrogen-bond acceptors (Lipinski definition) is 4. The van der Waals surface area contributed by atoms with Gasteiger partial charge >= 0.3 is 0 Å². The number of pyridine rings is 1. The third kappa shape index (κ3) is 3.01. The van der Waals surface area contributed by atoms with E-state index in [9.17, 15) is 4.21 Å². The predicted molar refractivity (Wildman–Crippen MR) is 101 cm³/mol. The number of rotatable bonds is 5. The summed E-state index contributed by atoms with van der Waals surface area (Å²) in [4.78, 5) is 9.31. The standard InChI is InChI=1S/C19H18N4O2S/c1-13-17(20-8-7-18(13)25-2)12-26(24)19-21-15-6-5-14(11-16(15)22-19)23-9-3-4-10-23/h3-11H,12H2,1-2H3,(H,21,22)/i12D2/hD. The Morgan fingerprint density at radius 1 is 1.35 bits per heavy atom. The number of benzene rings is 1. The lowest BCUT2D eigenvalue weighted by Crippen LogP contribution is -2.03. The van der Waals surface area contributed by atoms with E-state index >= 15 is 0 Å². The van der Waals surface area contributed by atoms with Crippen LogP contribution in [0.4, 0.5) is 0 Å². The molecule has 1 aromatic carbocycles. The topological polar surface area (TPSA) is 72.8 Å². The fourth-order valence-electron chi connectivity index (χ4n) is 2.65. The molecule has 7 heteroatoms. The zero-order valence-electron chi connectivity index (χ0n) is 17.2. The van der Waals surface area contributed by atoms with Crippen molar-refractivity contribution < 1.29 is 13.1 Å². The lowest BCUT2D eigenvalue weighted by Gasteiger charge is -2.08. The fourth-order valence-corrected chi connectivity index (χ4v) is 3.49. The summed E-state index contributed by atoms with van der Waals surface area (Å²) in [7, 11) is -0.804. The number of imidazole rings is 1. The van der Waals surface area contributed by atoms with Gasteiger partial charge in [-0.05, 0) is 43.3 Å². The van der Waals surface area contributed by atoms with Crippen LogP contribution in [0, 0.1) is 6.92 Å². The molecule has 0 aliphatic carbocycles. The Balaban J connectivity index is 1.79. The second-order valence-electron chi connectivity index (χ2n) is 5.63. The molecular weight excluding hydrogens is 348 g/mol. The highest BCUT2D eigenvalue weighted by molar-refractivity contribution is 7.84. The summed E-state index contributed by atoms with van der Waals surface area (Å²) < 4.78 is 45.5. The van der Waals surface area contributed by atoms with E-state index in [1.807, 2.05) is 35.2 Å². The molecule has 0 aliphatic heterocycles. The Morgan fingerprint density at radius 2 is 2.15 bits per heavy atom. The van der Waals surface area contributed by atoms with Gasteiger partial charge in [0.1, 0.15) is 5.75 Å². The molecule has 0 saturated carbocycles.